The van der Waals surface area contributed by atoms with Crippen LogP contribution in [-0.4, -0.2) is 18.1 Å². The van der Waals surface area contributed by atoms with Crippen molar-refractivity contribution in [2.75, 3.05) is 0 Å². The summed E-state index contributed by atoms with van der Waals surface area (Å²) in [6.07, 6.45) is -5.01. The molecule has 0 saturated heterocycles. The number of rotatable bonds is 4. The molecule has 0 radical (unpaired) electrons. The van der Waals surface area contributed by atoms with Gasteiger partial charge in [-0.25, -0.2) is 0 Å². The van der Waals surface area contributed by atoms with E-state index in [1.165, 1.54) is 6.92 Å². The Morgan fingerprint density at radius 3 is 1.75 bits per heavy atom. The molecule has 0 aliphatic carbocycles. The van der Waals surface area contributed by atoms with E-state index in [4.69, 9.17) is 0 Å². The Hall–Kier alpha value is -2.81. The molecule has 1 amide bonds. The lowest BCUT2D eigenvalue weighted by molar-refractivity contribution is -0.174. The van der Waals surface area contributed by atoms with Crippen molar-refractivity contribution < 1.29 is 18.0 Å². The van der Waals surface area contributed by atoms with Crippen LogP contribution in [0.5, 0.6) is 0 Å². The smallest absolute Gasteiger partial charge is 0.344 e. The molecule has 1 N–H and O–H groups in total. The van der Waals surface area contributed by atoms with Gasteiger partial charge in [0.2, 0.25) is 0 Å². The third kappa shape index (κ3) is 3.25. The number of hydrogen-bond donors (Lipinski definition) is 1. The molecule has 6 heteroatoms. The Bertz CT molecular complexity index is 697. The highest BCUT2D eigenvalue weighted by atomic mass is 19.4. The van der Waals surface area contributed by atoms with Gasteiger partial charge in [-0.1, -0.05) is 60.7 Å². The van der Waals surface area contributed by atoms with Gasteiger partial charge in [-0.15, -0.1) is 0 Å². The molecule has 0 aliphatic heterocycles. The van der Waals surface area contributed by atoms with Crippen molar-refractivity contribution in [3.8, 4) is 6.07 Å². The summed E-state index contributed by atoms with van der Waals surface area (Å²) in [5.41, 5.74) is -0.425. The minimum atomic E-state index is -5.01. The van der Waals surface area contributed by atoms with Crippen molar-refractivity contribution in [1.82, 2.24) is 5.32 Å². The number of amides is 1. The molecule has 2 rings (SSSR count). The van der Waals surface area contributed by atoms with Crippen LogP contribution < -0.4 is 5.32 Å². The highest BCUT2D eigenvalue weighted by Gasteiger charge is 2.46. The topological polar surface area (TPSA) is 52.9 Å². The number of carbonyl (C=O) groups is 1. The quantitative estimate of drug-likeness (QED) is 0.931. The number of nitrogens with one attached hydrogen (secondary N) is 1. The second kappa shape index (κ2) is 6.75. The van der Waals surface area contributed by atoms with Crippen molar-refractivity contribution in [1.29, 1.82) is 5.26 Å². The maximum absolute atomic E-state index is 12.6. The predicted octanol–water partition coefficient (Wildman–Crippen LogP) is 3.56. The Kier molecular flexibility index (Phi) is 4.93. The van der Waals surface area contributed by atoms with Gasteiger partial charge in [0.1, 0.15) is 5.41 Å². The number of benzene rings is 2. The van der Waals surface area contributed by atoms with Gasteiger partial charge in [0.25, 0.3) is 0 Å². The molecule has 24 heavy (non-hydrogen) atoms. The van der Waals surface area contributed by atoms with Gasteiger partial charge < -0.3 is 5.32 Å². The normalized spacial score (nSPS) is 13.0. The summed E-state index contributed by atoms with van der Waals surface area (Å²) in [6, 6.07) is 17.9. The van der Waals surface area contributed by atoms with Gasteiger partial charge in [-0.3, -0.25) is 4.79 Å². The van der Waals surface area contributed by atoms with Crippen molar-refractivity contribution in [2.24, 2.45) is 0 Å². The molecule has 0 saturated carbocycles. The Morgan fingerprint density at radius 2 is 1.42 bits per heavy atom. The molecule has 1 atom stereocenters. The standard InChI is InChI=1S/C18H15F3N2O/c1-13(23-16(24)18(19,20)21)17(12-22,14-8-4-2-5-9-14)15-10-6-3-7-11-15/h2-11,13H,1H3,(H,23,24)/t13-/m0/s1. The molecule has 0 heterocycles. The Balaban J connectivity index is 2.56. The van der Waals surface area contributed by atoms with Crippen molar-refractivity contribution in [2.45, 2.75) is 24.6 Å². The van der Waals surface area contributed by atoms with Crippen LogP contribution in [0.4, 0.5) is 13.2 Å². The lowest BCUT2D eigenvalue weighted by atomic mass is 9.70. The monoisotopic (exact) mass is 332 g/mol. The molecule has 0 unspecified atom stereocenters. The van der Waals surface area contributed by atoms with E-state index in [1.54, 1.807) is 60.7 Å². The van der Waals surface area contributed by atoms with Gasteiger partial charge in [-0.05, 0) is 18.1 Å². The van der Waals surface area contributed by atoms with Gasteiger partial charge in [0.05, 0.1) is 12.1 Å². The summed E-state index contributed by atoms with van der Waals surface area (Å²) in [5.74, 6) is -2.07. The van der Waals surface area contributed by atoms with E-state index in [-0.39, 0.29) is 0 Å². The molecule has 2 aromatic rings. The maximum atomic E-state index is 12.6. The minimum absolute atomic E-state index is 0.508. The van der Waals surface area contributed by atoms with E-state index < -0.39 is 23.5 Å². The number of nitriles is 1. The minimum Gasteiger partial charge on any atom is -0.344 e. The fourth-order valence-corrected chi connectivity index (χ4v) is 2.68. The highest BCUT2D eigenvalue weighted by Crippen LogP contribution is 2.35. The van der Waals surface area contributed by atoms with Crippen LogP contribution >= 0.6 is 0 Å². The van der Waals surface area contributed by atoms with Gasteiger partial charge in [0, 0.05) is 0 Å². The molecule has 0 bridgehead atoms. The molecule has 0 aliphatic rings. The van der Waals surface area contributed by atoms with Crippen molar-refractivity contribution >= 4 is 5.91 Å². The summed E-state index contributed by atoms with van der Waals surface area (Å²) < 4.78 is 37.8. The fraction of sp³-hybridized carbons (Fsp3) is 0.222. The van der Waals surface area contributed by atoms with Crippen LogP contribution in [0.3, 0.4) is 0 Å². The third-order valence-corrected chi connectivity index (χ3v) is 3.89. The van der Waals surface area contributed by atoms with E-state index in [1.807, 2.05) is 5.32 Å². The van der Waals surface area contributed by atoms with Gasteiger partial charge in [-0.2, -0.15) is 18.4 Å². The van der Waals surface area contributed by atoms with Crippen molar-refractivity contribution in [3.05, 3.63) is 71.8 Å². The fourth-order valence-electron chi connectivity index (χ4n) is 2.68. The number of nitrogens with zero attached hydrogens (tertiary/aromatic N) is 1. The van der Waals surface area contributed by atoms with Crippen LogP contribution in [-0.2, 0) is 10.2 Å². The SMILES string of the molecule is C[C@H](NC(=O)C(F)(F)F)C(C#N)(c1ccccc1)c1ccccc1. The first-order valence-corrected chi connectivity index (χ1v) is 7.22. The highest BCUT2D eigenvalue weighted by molar-refractivity contribution is 5.82. The molecule has 2 aromatic carbocycles. The number of hydrogen-bond acceptors (Lipinski definition) is 2. The average Bonchev–Trinajstić information content (AvgIpc) is 2.57. The van der Waals surface area contributed by atoms with Crippen LogP contribution in [0.25, 0.3) is 0 Å². The van der Waals surface area contributed by atoms with E-state index >= 15 is 0 Å². The molecule has 0 fully saturated rings. The van der Waals surface area contributed by atoms with Crippen molar-refractivity contribution in [3.63, 3.8) is 0 Å². The molecule has 124 valence electrons. The summed E-state index contributed by atoms with van der Waals surface area (Å²) >= 11 is 0. The molecular formula is C18H15F3N2O. The zero-order chi connectivity index (χ0) is 17.8. The Morgan fingerprint density at radius 1 is 1.00 bits per heavy atom. The largest absolute Gasteiger partial charge is 0.471 e. The zero-order valence-corrected chi connectivity index (χ0v) is 12.8. The van der Waals surface area contributed by atoms with Crippen LogP contribution in [0.2, 0.25) is 0 Å². The number of alkyl halides is 3. The lowest BCUT2D eigenvalue weighted by Gasteiger charge is -2.34. The van der Waals surface area contributed by atoms with Gasteiger partial charge in [0.15, 0.2) is 0 Å². The first kappa shape index (κ1) is 17.5. The zero-order valence-electron chi connectivity index (χ0n) is 12.8. The van der Waals surface area contributed by atoms with E-state index in [2.05, 4.69) is 6.07 Å². The molecule has 3 nitrogen and oxygen atoms in total. The van der Waals surface area contributed by atoms with E-state index in [9.17, 15) is 23.2 Å². The number of halogens is 3. The molecular weight excluding hydrogens is 317 g/mol. The summed E-state index contributed by atoms with van der Waals surface area (Å²) in [7, 11) is 0. The molecule has 0 spiro atoms. The van der Waals surface area contributed by atoms with Crippen LogP contribution in [0, 0.1) is 11.3 Å². The summed E-state index contributed by atoms with van der Waals surface area (Å²) in [5, 5.41) is 11.8. The Labute approximate surface area is 137 Å². The lowest BCUT2D eigenvalue weighted by Crippen LogP contribution is -2.52. The van der Waals surface area contributed by atoms with Crippen LogP contribution in [0.15, 0.2) is 60.7 Å². The number of carbonyl (C=O) groups excluding carboxylic acids is 1. The first-order chi connectivity index (χ1) is 11.3. The predicted molar refractivity (Wildman–Crippen MR) is 82.9 cm³/mol. The first-order valence-electron chi connectivity index (χ1n) is 7.22. The second-order valence-electron chi connectivity index (χ2n) is 5.34. The van der Waals surface area contributed by atoms with Crippen LogP contribution in [0.1, 0.15) is 18.1 Å². The second-order valence-corrected chi connectivity index (χ2v) is 5.34. The third-order valence-electron chi connectivity index (χ3n) is 3.89. The van der Waals surface area contributed by atoms with E-state index in [0.717, 1.165) is 0 Å². The summed E-state index contributed by atoms with van der Waals surface area (Å²) in [4.78, 5) is 11.4. The maximum Gasteiger partial charge on any atom is 0.471 e. The summed E-state index contributed by atoms with van der Waals surface area (Å²) in [6.45, 7) is 1.40. The van der Waals surface area contributed by atoms with E-state index in [0.29, 0.717) is 11.1 Å². The average molecular weight is 332 g/mol. The molecule has 0 aromatic heterocycles. The van der Waals surface area contributed by atoms with Gasteiger partial charge >= 0.3 is 12.1 Å².